The highest BCUT2D eigenvalue weighted by molar-refractivity contribution is 5.92. The fourth-order valence-electron chi connectivity index (χ4n) is 1.67. The Labute approximate surface area is 103 Å². The highest BCUT2D eigenvalue weighted by Crippen LogP contribution is 2.14. The average Bonchev–Trinajstić information content (AvgIpc) is 2.28. The maximum Gasteiger partial charge on any atom is 0.228 e. The minimum atomic E-state index is -0.128. The van der Waals surface area contributed by atoms with Crippen LogP contribution in [0, 0.1) is 18.8 Å². The highest BCUT2D eigenvalue weighted by atomic mass is 16.1. The SMILES string of the molecule is Cc1ccc(NC(=O)C(CN)CC(C)C)cn1. The average molecular weight is 235 g/mol. The summed E-state index contributed by atoms with van der Waals surface area (Å²) in [4.78, 5) is 16.1. The molecular formula is C13H21N3O. The molecule has 0 saturated carbocycles. The Morgan fingerprint density at radius 1 is 1.47 bits per heavy atom. The molecule has 0 bridgehead atoms. The largest absolute Gasteiger partial charge is 0.330 e. The van der Waals surface area contributed by atoms with Gasteiger partial charge in [-0.3, -0.25) is 9.78 Å². The van der Waals surface area contributed by atoms with Gasteiger partial charge < -0.3 is 11.1 Å². The number of carbonyl (C=O) groups excluding carboxylic acids is 1. The first kappa shape index (κ1) is 13.6. The minimum absolute atomic E-state index is 0.0214. The normalized spacial score (nSPS) is 12.5. The van der Waals surface area contributed by atoms with Crippen molar-refractivity contribution in [1.29, 1.82) is 0 Å². The third-order valence-electron chi connectivity index (χ3n) is 2.59. The Morgan fingerprint density at radius 3 is 2.65 bits per heavy atom. The lowest BCUT2D eigenvalue weighted by molar-refractivity contribution is -0.120. The summed E-state index contributed by atoms with van der Waals surface area (Å²) in [5.41, 5.74) is 7.28. The Hall–Kier alpha value is -1.42. The van der Waals surface area contributed by atoms with Crippen LogP contribution in [0.2, 0.25) is 0 Å². The van der Waals surface area contributed by atoms with Gasteiger partial charge in [0.1, 0.15) is 0 Å². The molecule has 0 aliphatic carbocycles. The molecule has 1 aromatic rings. The van der Waals surface area contributed by atoms with Gasteiger partial charge in [-0.25, -0.2) is 0 Å². The third-order valence-corrected chi connectivity index (χ3v) is 2.59. The fourth-order valence-corrected chi connectivity index (χ4v) is 1.67. The zero-order valence-corrected chi connectivity index (χ0v) is 10.7. The van der Waals surface area contributed by atoms with E-state index in [9.17, 15) is 4.79 Å². The van der Waals surface area contributed by atoms with Gasteiger partial charge in [0.05, 0.1) is 17.8 Å². The Kier molecular flexibility index (Phi) is 5.10. The molecule has 1 amide bonds. The van der Waals surface area contributed by atoms with Gasteiger partial charge in [-0.1, -0.05) is 13.8 Å². The molecule has 3 N–H and O–H groups in total. The van der Waals surface area contributed by atoms with Crippen molar-refractivity contribution < 1.29 is 4.79 Å². The molecule has 4 nitrogen and oxygen atoms in total. The van der Waals surface area contributed by atoms with Crippen LogP contribution in [-0.2, 0) is 4.79 Å². The molecule has 0 radical (unpaired) electrons. The smallest absolute Gasteiger partial charge is 0.228 e. The van der Waals surface area contributed by atoms with E-state index in [0.29, 0.717) is 12.5 Å². The number of aryl methyl sites for hydroxylation is 1. The number of anilines is 1. The Morgan fingerprint density at radius 2 is 2.18 bits per heavy atom. The number of carbonyl (C=O) groups is 1. The van der Waals surface area contributed by atoms with Crippen molar-refractivity contribution in [3.05, 3.63) is 24.0 Å². The second-order valence-electron chi connectivity index (χ2n) is 4.74. The second-order valence-corrected chi connectivity index (χ2v) is 4.74. The number of amides is 1. The number of nitrogens with zero attached hydrogens (tertiary/aromatic N) is 1. The van der Waals surface area contributed by atoms with Crippen LogP contribution < -0.4 is 11.1 Å². The molecule has 0 saturated heterocycles. The molecule has 1 rings (SSSR count). The summed E-state index contributed by atoms with van der Waals surface area (Å²) >= 11 is 0. The van der Waals surface area contributed by atoms with Gasteiger partial charge >= 0.3 is 0 Å². The minimum Gasteiger partial charge on any atom is -0.330 e. The van der Waals surface area contributed by atoms with Crippen molar-refractivity contribution in [1.82, 2.24) is 4.98 Å². The van der Waals surface area contributed by atoms with E-state index in [1.165, 1.54) is 0 Å². The summed E-state index contributed by atoms with van der Waals surface area (Å²) in [6, 6.07) is 3.72. The van der Waals surface area contributed by atoms with Crippen molar-refractivity contribution >= 4 is 11.6 Å². The zero-order chi connectivity index (χ0) is 12.8. The summed E-state index contributed by atoms with van der Waals surface area (Å²) in [6.45, 7) is 6.46. The number of nitrogens with one attached hydrogen (secondary N) is 1. The molecule has 4 heteroatoms. The predicted octanol–water partition coefficient (Wildman–Crippen LogP) is 1.95. The van der Waals surface area contributed by atoms with E-state index in [1.54, 1.807) is 6.20 Å². The van der Waals surface area contributed by atoms with Gasteiger partial charge in [0, 0.05) is 12.2 Å². The second kappa shape index (κ2) is 6.35. The van der Waals surface area contributed by atoms with Gasteiger partial charge in [-0.05, 0) is 31.4 Å². The van der Waals surface area contributed by atoms with Crippen molar-refractivity contribution in [2.45, 2.75) is 27.2 Å². The lowest BCUT2D eigenvalue weighted by atomic mass is 9.96. The molecule has 0 aromatic carbocycles. The summed E-state index contributed by atoms with van der Waals surface area (Å²) in [6.07, 6.45) is 2.47. The van der Waals surface area contributed by atoms with E-state index >= 15 is 0 Å². The quantitative estimate of drug-likeness (QED) is 0.819. The van der Waals surface area contributed by atoms with Crippen LogP contribution in [0.5, 0.6) is 0 Å². The molecule has 1 unspecified atom stereocenters. The van der Waals surface area contributed by atoms with Gasteiger partial charge in [0.2, 0.25) is 5.91 Å². The number of aromatic nitrogens is 1. The van der Waals surface area contributed by atoms with Crippen molar-refractivity contribution in [3.63, 3.8) is 0 Å². The highest BCUT2D eigenvalue weighted by Gasteiger charge is 2.18. The maximum atomic E-state index is 11.9. The molecule has 94 valence electrons. The van der Waals surface area contributed by atoms with Gasteiger partial charge in [-0.15, -0.1) is 0 Å². The number of hydrogen-bond donors (Lipinski definition) is 2. The molecular weight excluding hydrogens is 214 g/mol. The van der Waals surface area contributed by atoms with E-state index in [2.05, 4.69) is 24.1 Å². The molecule has 1 heterocycles. The van der Waals surface area contributed by atoms with Crippen LogP contribution in [0.1, 0.15) is 26.0 Å². The standard InChI is InChI=1S/C13H21N3O/c1-9(2)6-11(7-14)13(17)16-12-5-4-10(3)15-8-12/h4-5,8-9,11H,6-7,14H2,1-3H3,(H,16,17). The lowest BCUT2D eigenvalue weighted by Gasteiger charge is -2.16. The Balaban J connectivity index is 2.60. The topological polar surface area (TPSA) is 68.0 Å². The monoisotopic (exact) mass is 235 g/mol. The summed E-state index contributed by atoms with van der Waals surface area (Å²) in [7, 11) is 0. The fraction of sp³-hybridized carbons (Fsp3) is 0.538. The first-order valence-electron chi connectivity index (χ1n) is 5.96. The third kappa shape index (κ3) is 4.53. The molecule has 1 aromatic heterocycles. The predicted molar refractivity (Wildman–Crippen MR) is 69.6 cm³/mol. The van der Waals surface area contributed by atoms with E-state index in [0.717, 1.165) is 17.8 Å². The van der Waals surface area contributed by atoms with E-state index in [1.807, 2.05) is 19.1 Å². The van der Waals surface area contributed by atoms with E-state index in [-0.39, 0.29) is 11.8 Å². The number of rotatable bonds is 5. The van der Waals surface area contributed by atoms with E-state index in [4.69, 9.17) is 5.73 Å². The Bertz CT molecular complexity index is 359. The van der Waals surface area contributed by atoms with Crippen molar-refractivity contribution in [2.24, 2.45) is 17.6 Å². The van der Waals surface area contributed by atoms with Crippen LogP contribution in [-0.4, -0.2) is 17.4 Å². The molecule has 1 atom stereocenters. The van der Waals surface area contributed by atoms with Crippen LogP contribution in [0.3, 0.4) is 0 Å². The summed E-state index contributed by atoms with van der Waals surface area (Å²) in [5.74, 6) is 0.314. The lowest BCUT2D eigenvalue weighted by Crippen LogP contribution is -2.30. The van der Waals surface area contributed by atoms with Gasteiger partial charge in [0.15, 0.2) is 0 Å². The number of hydrogen-bond acceptors (Lipinski definition) is 3. The van der Waals surface area contributed by atoms with Crippen molar-refractivity contribution in [3.8, 4) is 0 Å². The van der Waals surface area contributed by atoms with Crippen LogP contribution >= 0.6 is 0 Å². The van der Waals surface area contributed by atoms with Gasteiger partial charge in [-0.2, -0.15) is 0 Å². The van der Waals surface area contributed by atoms with Gasteiger partial charge in [0.25, 0.3) is 0 Å². The molecule has 0 fully saturated rings. The van der Waals surface area contributed by atoms with Crippen LogP contribution in [0.25, 0.3) is 0 Å². The van der Waals surface area contributed by atoms with Crippen LogP contribution in [0.15, 0.2) is 18.3 Å². The van der Waals surface area contributed by atoms with Crippen molar-refractivity contribution in [2.75, 3.05) is 11.9 Å². The molecule has 17 heavy (non-hydrogen) atoms. The number of pyridine rings is 1. The molecule has 0 aliphatic rings. The zero-order valence-electron chi connectivity index (χ0n) is 10.7. The van der Waals surface area contributed by atoms with E-state index < -0.39 is 0 Å². The summed E-state index contributed by atoms with van der Waals surface area (Å²) < 4.78 is 0. The maximum absolute atomic E-state index is 11.9. The summed E-state index contributed by atoms with van der Waals surface area (Å²) in [5, 5.41) is 2.84. The van der Waals surface area contributed by atoms with Crippen LogP contribution in [0.4, 0.5) is 5.69 Å². The first-order chi connectivity index (χ1) is 8.02. The molecule has 0 aliphatic heterocycles. The first-order valence-corrected chi connectivity index (χ1v) is 5.96. The molecule has 0 spiro atoms. The number of nitrogens with two attached hydrogens (primary N) is 1.